The number of thiazole rings is 1. The molecular weight excluding hydrogens is 342 g/mol. The van der Waals surface area contributed by atoms with Crippen molar-refractivity contribution >= 4 is 28.5 Å². The molecule has 2 rings (SSSR count). The van der Waals surface area contributed by atoms with E-state index in [0.717, 1.165) is 0 Å². The van der Waals surface area contributed by atoms with Crippen LogP contribution in [0.1, 0.15) is 31.7 Å². The Morgan fingerprint density at radius 3 is 2.68 bits per heavy atom. The zero-order chi connectivity index (χ0) is 18.4. The molecule has 8 heteroatoms. The van der Waals surface area contributed by atoms with E-state index in [-0.39, 0.29) is 12.3 Å². The average molecular weight is 363 g/mol. The van der Waals surface area contributed by atoms with Gasteiger partial charge < -0.3 is 20.5 Å². The lowest BCUT2D eigenvalue weighted by molar-refractivity contribution is -0.118. The van der Waals surface area contributed by atoms with Crippen LogP contribution in [0.2, 0.25) is 0 Å². The molecule has 0 fully saturated rings. The molecule has 0 saturated carbocycles. The van der Waals surface area contributed by atoms with E-state index in [9.17, 15) is 9.59 Å². The smallest absolute Gasteiger partial charge is 0.405 e. The van der Waals surface area contributed by atoms with Crippen LogP contribution >= 0.6 is 11.3 Å². The molecule has 1 aromatic carbocycles. The standard InChI is InChI=1S/C17H21N3O4S/c1-17(2,20-16(22)23)10-12(11-6-4-5-7-13(11)24-3)14(21)19-15-18-8-9-25-15/h4-9,12,20H,10H2,1-3H3,(H,22,23)(H,18,19,21). The molecule has 0 aliphatic carbocycles. The van der Waals surface area contributed by atoms with E-state index in [1.54, 1.807) is 31.5 Å². The first-order valence-electron chi connectivity index (χ1n) is 7.67. The summed E-state index contributed by atoms with van der Waals surface area (Å²) < 4.78 is 5.38. The summed E-state index contributed by atoms with van der Waals surface area (Å²) >= 11 is 1.32. The maximum atomic E-state index is 12.9. The summed E-state index contributed by atoms with van der Waals surface area (Å²) in [5.74, 6) is -0.297. The van der Waals surface area contributed by atoms with Gasteiger partial charge in [-0.1, -0.05) is 18.2 Å². The van der Waals surface area contributed by atoms with Gasteiger partial charge in [-0.25, -0.2) is 9.78 Å². The third kappa shape index (κ3) is 5.18. The summed E-state index contributed by atoms with van der Waals surface area (Å²) in [6.07, 6.45) is 0.731. The molecular formula is C17H21N3O4S. The van der Waals surface area contributed by atoms with Crippen LogP contribution in [0.4, 0.5) is 9.93 Å². The first kappa shape index (κ1) is 18.7. The quantitative estimate of drug-likeness (QED) is 0.701. The highest BCUT2D eigenvalue weighted by Crippen LogP contribution is 2.33. The summed E-state index contributed by atoms with van der Waals surface area (Å²) in [5.41, 5.74) is -0.114. The molecule has 1 atom stereocenters. The van der Waals surface area contributed by atoms with Crippen LogP contribution < -0.4 is 15.4 Å². The van der Waals surface area contributed by atoms with Crippen molar-refractivity contribution < 1.29 is 19.4 Å². The normalized spacial score (nSPS) is 12.3. The number of nitrogens with one attached hydrogen (secondary N) is 2. The van der Waals surface area contributed by atoms with Gasteiger partial charge in [-0.3, -0.25) is 4.79 Å². The van der Waals surface area contributed by atoms with Crippen LogP contribution in [-0.2, 0) is 4.79 Å². The second-order valence-electron chi connectivity index (χ2n) is 6.14. The van der Waals surface area contributed by atoms with Crippen LogP contribution in [0.5, 0.6) is 5.75 Å². The number of hydrogen-bond acceptors (Lipinski definition) is 5. The van der Waals surface area contributed by atoms with E-state index in [1.807, 2.05) is 18.2 Å². The monoisotopic (exact) mass is 363 g/mol. The predicted molar refractivity (Wildman–Crippen MR) is 96.3 cm³/mol. The van der Waals surface area contributed by atoms with Crippen molar-refractivity contribution in [3.05, 3.63) is 41.4 Å². The van der Waals surface area contributed by atoms with Gasteiger partial charge in [-0.2, -0.15) is 0 Å². The molecule has 7 nitrogen and oxygen atoms in total. The Bertz CT molecular complexity index is 731. The van der Waals surface area contributed by atoms with Crippen LogP contribution in [0.3, 0.4) is 0 Å². The van der Waals surface area contributed by atoms with Crippen molar-refractivity contribution in [2.24, 2.45) is 0 Å². The van der Waals surface area contributed by atoms with Gasteiger partial charge in [0.2, 0.25) is 5.91 Å². The van der Waals surface area contributed by atoms with Crippen molar-refractivity contribution in [2.75, 3.05) is 12.4 Å². The molecule has 25 heavy (non-hydrogen) atoms. The number of anilines is 1. The van der Waals surface area contributed by atoms with E-state index in [2.05, 4.69) is 15.6 Å². The number of benzene rings is 1. The molecule has 134 valence electrons. The first-order chi connectivity index (χ1) is 11.8. The van der Waals surface area contributed by atoms with Crippen molar-refractivity contribution in [1.82, 2.24) is 10.3 Å². The molecule has 0 aliphatic heterocycles. The zero-order valence-electron chi connectivity index (χ0n) is 14.3. The van der Waals surface area contributed by atoms with Gasteiger partial charge >= 0.3 is 6.09 Å². The molecule has 1 heterocycles. The lowest BCUT2D eigenvalue weighted by Gasteiger charge is -2.29. The highest BCUT2D eigenvalue weighted by molar-refractivity contribution is 7.13. The molecule has 1 aromatic heterocycles. The summed E-state index contributed by atoms with van der Waals surface area (Å²) in [6.45, 7) is 3.47. The summed E-state index contributed by atoms with van der Waals surface area (Å²) in [5, 5.41) is 16.5. The summed E-state index contributed by atoms with van der Waals surface area (Å²) in [7, 11) is 1.54. The number of hydrogen-bond donors (Lipinski definition) is 3. The summed E-state index contributed by atoms with van der Waals surface area (Å²) in [6, 6.07) is 7.22. The molecule has 2 amide bonds. The first-order valence-corrected chi connectivity index (χ1v) is 8.55. The molecule has 2 aromatic rings. The Morgan fingerprint density at radius 1 is 1.36 bits per heavy atom. The van der Waals surface area contributed by atoms with Gasteiger partial charge in [0.05, 0.1) is 13.0 Å². The lowest BCUT2D eigenvalue weighted by Crippen LogP contribution is -2.45. The van der Waals surface area contributed by atoms with Crippen LogP contribution in [0.15, 0.2) is 35.8 Å². The minimum Gasteiger partial charge on any atom is -0.496 e. The van der Waals surface area contributed by atoms with Gasteiger partial charge in [0.1, 0.15) is 5.75 Å². The van der Waals surface area contributed by atoms with Crippen LogP contribution in [0, 0.1) is 0 Å². The molecule has 0 spiro atoms. The Kier molecular flexibility index (Phi) is 5.97. The third-order valence-electron chi connectivity index (χ3n) is 3.65. The minimum atomic E-state index is -1.14. The minimum absolute atomic E-state index is 0.261. The number of para-hydroxylation sites is 1. The second kappa shape index (κ2) is 7.98. The maximum absolute atomic E-state index is 12.9. The van der Waals surface area contributed by atoms with E-state index in [0.29, 0.717) is 16.4 Å². The third-order valence-corrected chi connectivity index (χ3v) is 4.34. The van der Waals surface area contributed by atoms with E-state index in [4.69, 9.17) is 9.84 Å². The van der Waals surface area contributed by atoms with Crippen LogP contribution in [0.25, 0.3) is 0 Å². The predicted octanol–water partition coefficient (Wildman–Crippen LogP) is 3.31. The van der Waals surface area contributed by atoms with Gasteiger partial charge in [0, 0.05) is 22.7 Å². The largest absolute Gasteiger partial charge is 0.496 e. The number of methoxy groups -OCH3 is 1. The highest BCUT2D eigenvalue weighted by Gasteiger charge is 2.32. The topological polar surface area (TPSA) is 101 Å². The Hall–Kier alpha value is -2.61. The van der Waals surface area contributed by atoms with Gasteiger partial charge in [-0.05, 0) is 26.3 Å². The number of nitrogens with zero attached hydrogens (tertiary/aromatic N) is 1. The van der Waals surface area contributed by atoms with E-state index >= 15 is 0 Å². The molecule has 0 saturated heterocycles. The number of aromatic nitrogens is 1. The van der Waals surface area contributed by atoms with Gasteiger partial charge in [0.25, 0.3) is 0 Å². The van der Waals surface area contributed by atoms with Crippen LogP contribution in [-0.4, -0.2) is 34.7 Å². The van der Waals surface area contributed by atoms with E-state index < -0.39 is 17.6 Å². The fourth-order valence-corrected chi connectivity index (χ4v) is 3.16. The maximum Gasteiger partial charge on any atom is 0.405 e. The molecule has 0 radical (unpaired) electrons. The second-order valence-corrected chi connectivity index (χ2v) is 7.03. The molecule has 0 aliphatic rings. The van der Waals surface area contributed by atoms with Gasteiger partial charge in [-0.15, -0.1) is 11.3 Å². The van der Waals surface area contributed by atoms with Crippen molar-refractivity contribution in [3.8, 4) is 5.75 Å². The van der Waals surface area contributed by atoms with Crippen molar-refractivity contribution in [2.45, 2.75) is 31.7 Å². The molecule has 0 bridgehead atoms. The fourth-order valence-electron chi connectivity index (χ4n) is 2.63. The molecule has 1 unspecified atom stereocenters. The number of rotatable bonds is 7. The Morgan fingerprint density at radius 2 is 2.08 bits per heavy atom. The van der Waals surface area contributed by atoms with Crippen molar-refractivity contribution in [3.63, 3.8) is 0 Å². The number of carbonyl (C=O) groups is 2. The number of ether oxygens (including phenoxy) is 1. The van der Waals surface area contributed by atoms with Gasteiger partial charge in [0.15, 0.2) is 5.13 Å². The lowest BCUT2D eigenvalue weighted by atomic mass is 9.84. The Labute approximate surface area is 150 Å². The number of carbonyl (C=O) groups excluding carboxylic acids is 1. The van der Waals surface area contributed by atoms with Crippen molar-refractivity contribution in [1.29, 1.82) is 0 Å². The Balaban J connectivity index is 2.33. The highest BCUT2D eigenvalue weighted by atomic mass is 32.1. The summed E-state index contributed by atoms with van der Waals surface area (Å²) in [4.78, 5) is 28.0. The number of amides is 2. The number of carboxylic acid groups (broad SMARTS) is 1. The zero-order valence-corrected chi connectivity index (χ0v) is 15.1. The molecule has 3 N–H and O–H groups in total. The fraction of sp³-hybridized carbons (Fsp3) is 0.353. The van der Waals surface area contributed by atoms with E-state index in [1.165, 1.54) is 18.4 Å². The average Bonchev–Trinajstić information content (AvgIpc) is 3.04. The SMILES string of the molecule is COc1ccccc1C(CC(C)(C)NC(=O)O)C(=O)Nc1nccs1.